The molecule has 4 N–H and O–H groups in total. The van der Waals surface area contributed by atoms with Crippen molar-refractivity contribution in [3.63, 3.8) is 0 Å². The van der Waals surface area contributed by atoms with Crippen LogP contribution in [-0.4, -0.2) is 60.9 Å². The number of rotatable bonds is 30. The van der Waals surface area contributed by atoms with Gasteiger partial charge in [0, 0.05) is 12.8 Å². The predicted octanol–water partition coefficient (Wildman–Crippen LogP) is 11.1. The second-order valence-corrected chi connectivity index (χ2v) is 11.7. The Morgan fingerprint density at radius 2 is 0.929 bits per heavy atom. The van der Waals surface area contributed by atoms with Crippen molar-refractivity contribution in [3.05, 3.63) is 24.3 Å². The Bertz CT molecular complexity index is 635. The van der Waals surface area contributed by atoms with E-state index in [1.807, 2.05) is 0 Å². The average molecular weight is 622 g/mol. The summed E-state index contributed by atoms with van der Waals surface area (Å²) in [7, 11) is 0. The van der Waals surface area contributed by atoms with E-state index in [1.165, 1.54) is 77.0 Å². The fourth-order valence-corrected chi connectivity index (χ4v) is 4.93. The van der Waals surface area contributed by atoms with Gasteiger partial charge in [-0.25, -0.2) is 0 Å². The molecule has 0 aromatic rings. The van der Waals surface area contributed by atoms with Crippen molar-refractivity contribution in [2.24, 2.45) is 0 Å². The van der Waals surface area contributed by atoms with E-state index in [-0.39, 0.29) is 64.8 Å². The third-order valence-corrected chi connectivity index (χ3v) is 7.59. The van der Waals surface area contributed by atoms with Gasteiger partial charge in [0.25, 0.3) is 0 Å². The first kappa shape index (κ1) is 46.2. The van der Waals surface area contributed by atoms with E-state index in [1.54, 1.807) is 0 Å². The quantitative estimate of drug-likeness (QED) is 0.0273. The van der Waals surface area contributed by atoms with E-state index in [2.05, 4.69) is 38.2 Å². The Hall–Kier alpha value is -0.200. The molecule has 0 radical (unpaired) electrons. The number of carbonyl (C=O) groups is 2. The van der Waals surface area contributed by atoms with Gasteiger partial charge < -0.3 is 18.8 Å². The molecule has 0 aliphatic rings. The van der Waals surface area contributed by atoms with E-state index >= 15 is 0 Å². The van der Waals surface area contributed by atoms with Crippen molar-refractivity contribution in [1.82, 2.24) is 6.15 Å². The van der Waals surface area contributed by atoms with Gasteiger partial charge in [0.2, 0.25) is 0 Å². The molecule has 0 aliphatic carbocycles. The third-order valence-electron chi connectivity index (χ3n) is 7.59. The molecule has 0 aliphatic heterocycles. The zero-order chi connectivity index (χ0) is 29.4. The summed E-state index contributed by atoms with van der Waals surface area (Å²) in [5, 5.41) is 9.97. The minimum Gasteiger partial charge on any atom is -1.00 e. The van der Waals surface area contributed by atoms with Crippen LogP contribution in [0.5, 0.6) is 0 Å². The fraction of sp³-hybridized carbons (Fsp3) is 0.833. The second-order valence-electron chi connectivity index (χ2n) is 11.7. The first-order valence-electron chi connectivity index (χ1n) is 17.3. The number of carbonyl (C=O) groups excluding carboxylic acids is 2. The topological polar surface area (TPSA) is 98.6 Å². The first-order chi connectivity index (χ1) is 19.6. The number of esters is 2. The number of aliphatic hydroxyl groups is 1. The molecule has 0 heterocycles. The van der Waals surface area contributed by atoms with Gasteiger partial charge in [-0.15, -0.1) is 0 Å². The van der Waals surface area contributed by atoms with Crippen molar-refractivity contribution < 1.29 is 22.3 Å². The maximum absolute atomic E-state index is 11.9. The van der Waals surface area contributed by atoms with E-state index in [0.717, 1.165) is 83.5 Å². The van der Waals surface area contributed by atoms with Crippen molar-refractivity contribution in [2.75, 3.05) is 0 Å². The summed E-state index contributed by atoms with van der Waals surface area (Å²) >= 11 is 0. The van der Waals surface area contributed by atoms with Gasteiger partial charge >= 0.3 is 49.7 Å². The summed E-state index contributed by atoms with van der Waals surface area (Å²) in [6.07, 6.45) is 38.2. The number of unbranched alkanes of at least 4 members (excludes halogenated alkanes) is 19. The van der Waals surface area contributed by atoms with Gasteiger partial charge in [-0.3, -0.25) is 9.59 Å². The molecule has 5 nitrogen and oxygen atoms in total. The summed E-state index contributed by atoms with van der Waals surface area (Å²) in [6.45, 7) is 4.47. The summed E-state index contributed by atoms with van der Waals surface area (Å²) < 4.78 is 4.98. The maximum atomic E-state index is 11.9. The van der Waals surface area contributed by atoms with E-state index < -0.39 is 0 Å². The van der Waals surface area contributed by atoms with E-state index in [4.69, 9.17) is 4.74 Å². The van der Waals surface area contributed by atoms with Crippen LogP contribution < -0.4 is 6.15 Å². The van der Waals surface area contributed by atoms with Crippen LogP contribution in [0.2, 0.25) is 0 Å². The molecule has 0 unspecified atom stereocenters. The molecule has 0 rings (SSSR count). The number of aliphatic hydroxyl groups excluding tert-OH is 1. The van der Waals surface area contributed by atoms with Crippen molar-refractivity contribution in [3.8, 4) is 0 Å². The monoisotopic (exact) mass is 622 g/mol. The number of ether oxygens (including phenoxy) is 1. The Morgan fingerprint density at radius 3 is 1.38 bits per heavy atom. The van der Waals surface area contributed by atoms with Gasteiger partial charge in [-0.05, 0) is 64.2 Å². The molecule has 0 fully saturated rings. The van der Waals surface area contributed by atoms with Gasteiger partial charge in [-0.1, -0.05) is 134 Å². The van der Waals surface area contributed by atoms with Crippen LogP contribution in [0.15, 0.2) is 24.3 Å². The summed E-state index contributed by atoms with van der Waals surface area (Å²) in [4.78, 5) is 23.8. The SMILES string of the molecule is CCCCCCCC/C=C\CCCCCCCC(=O)OC(=O)CCCCCCC/C=C\C[C@H](O)CCCCCC.N.[Ca+2].[H-].[H-]. The molecule has 6 heteroatoms. The normalized spacial score (nSPS) is 11.9. The van der Waals surface area contributed by atoms with Crippen LogP contribution in [0, 0.1) is 0 Å². The number of allylic oxidation sites excluding steroid dienone is 3. The van der Waals surface area contributed by atoms with E-state index in [9.17, 15) is 14.7 Å². The zero-order valence-corrected chi connectivity index (χ0v) is 30.3. The minimum absolute atomic E-state index is 0. The average Bonchev–Trinajstić information content (AvgIpc) is 2.94. The molecular weight excluding hydrogens is 550 g/mol. The zero-order valence-electron chi connectivity index (χ0n) is 30.1. The summed E-state index contributed by atoms with van der Waals surface area (Å²) in [5.74, 6) is -0.727. The molecule has 0 aromatic heterocycles. The molecule has 0 saturated carbocycles. The van der Waals surface area contributed by atoms with Crippen molar-refractivity contribution in [1.29, 1.82) is 0 Å². The summed E-state index contributed by atoms with van der Waals surface area (Å²) in [5.41, 5.74) is 0. The molecule has 0 aromatic carbocycles. The standard InChI is InChI=1S/C36H66O4.Ca.H3N.2H/c1-3-5-7-9-10-11-12-13-14-15-16-17-21-24-28-32-35(38)40-36(39)33-29-25-22-19-18-20-23-27-31-34(37)30-26-8-6-4-2;;;;/h13-14,23,27,34,37H,3-12,15-22,24-26,28-33H2,1-2H3;;1H3;;/q;+2;;2*-1/b14-13-,27-23-;;;;/t34-;;;;/m1..../s1. The van der Waals surface area contributed by atoms with Crippen LogP contribution in [-0.2, 0) is 14.3 Å². The van der Waals surface area contributed by atoms with Crippen LogP contribution in [0.25, 0.3) is 0 Å². The van der Waals surface area contributed by atoms with Crippen molar-refractivity contribution >= 4 is 49.7 Å². The minimum atomic E-state index is -0.367. The fourth-order valence-electron chi connectivity index (χ4n) is 4.93. The van der Waals surface area contributed by atoms with E-state index in [0.29, 0.717) is 12.8 Å². The van der Waals surface area contributed by atoms with Crippen LogP contribution in [0.1, 0.15) is 190 Å². The van der Waals surface area contributed by atoms with Gasteiger partial charge in [0.1, 0.15) is 0 Å². The Labute approximate surface area is 294 Å². The molecule has 0 bridgehead atoms. The van der Waals surface area contributed by atoms with Gasteiger partial charge in [-0.2, -0.15) is 0 Å². The maximum Gasteiger partial charge on any atom is 2.00 e. The van der Waals surface area contributed by atoms with Crippen LogP contribution in [0.4, 0.5) is 0 Å². The van der Waals surface area contributed by atoms with Gasteiger partial charge in [0.15, 0.2) is 0 Å². The Balaban J connectivity index is -0.00000127. The molecule has 0 amide bonds. The summed E-state index contributed by atoms with van der Waals surface area (Å²) in [6, 6.07) is 0. The predicted molar refractivity (Wildman–Crippen MR) is 184 cm³/mol. The smallest absolute Gasteiger partial charge is 1.00 e. The molecule has 246 valence electrons. The Kier molecular flexibility index (Phi) is 42.7. The van der Waals surface area contributed by atoms with Crippen LogP contribution in [0.3, 0.4) is 0 Å². The van der Waals surface area contributed by atoms with Crippen molar-refractivity contribution in [2.45, 2.75) is 193 Å². The second kappa shape index (κ2) is 38.8. The molecule has 1 atom stereocenters. The Morgan fingerprint density at radius 1 is 0.571 bits per heavy atom. The molecular formula is C36H71CaNO4. The largest absolute Gasteiger partial charge is 2.00 e. The first-order valence-corrected chi connectivity index (χ1v) is 17.3. The molecule has 0 spiro atoms. The van der Waals surface area contributed by atoms with Gasteiger partial charge in [0.05, 0.1) is 6.10 Å². The van der Waals surface area contributed by atoms with Crippen LogP contribution >= 0.6 is 0 Å². The molecule has 42 heavy (non-hydrogen) atoms. The number of hydrogen-bond donors (Lipinski definition) is 2. The number of hydrogen-bond acceptors (Lipinski definition) is 5. The molecule has 0 saturated heterocycles. The third kappa shape index (κ3) is 37.8.